The van der Waals surface area contributed by atoms with Crippen LogP contribution in [0, 0.1) is 12.8 Å². The summed E-state index contributed by atoms with van der Waals surface area (Å²) < 4.78 is 0. The fourth-order valence-electron chi connectivity index (χ4n) is 2.97. The quantitative estimate of drug-likeness (QED) is 0.847. The highest BCUT2D eigenvalue weighted by molar-refractivity contribution is 7.09. The molecular formula is C18H24N4OS. The molecule has 0 spiro atoms. The number of anilines is 1. The number of carbonyl (C=O) groups excluding carboxylic acids is 1. The molecule has 1 fully saturated rings. The number of rotatable bonds is 6. The van der Waals surface area contributed by atoms with Crippen molar-refractivity contribution in [3.05, 3.63) is 46.4 Å². The molecule has 0 bridgehead atoms. The van der Waals surface area contributed by atoms with Crippen LogP contribution in [0.2, 0.25) is 0 Å². The van der Waals surface area contributed by atoms with Gasteiger partial charge in [-0.05, 0) is 31.4 Å². The predicted molar refractivity (Wildman–Crippen MR) is 98.7 cm³/mol. The van der Waals surface area contributed by atoms with E-state index in [2.05, 4.69) is 44.8 Å². The number of benzene rings is 1. The lowest BCUT2D eigenvalue weighted by molar-refractivity contribution is 0.239. The molecule has 3 rings (SSSR count). The van der Waals surface area contributed by atoms with Gasteiger partial charge in [-0.1, -0.05) is 18.2 Å². The number of aromatic nitrogens is 1. The average Bonchev–Trinajstić information content (AvgIpc) is 3.23. The van der Waals surface area contributed by atoms with Crippen LogP contribution in [0.1, 0.15) is 17.1 Å². The molecule has 1 aromatic heterocycles. The summed E-state index contributed by atoms with van der Waals surface area (Å²) in [5, 5.41) is 9.01. The maximum absolute atomic E-state index is 11.9. The first-order chi connectivity index (χ1) is 11.7. The lowest BCUT2D eigenvalue weighted by Crippen LogP contribution is -2.39. The highest BCUT2D eigenvalue weighted by Gasteiger charge is 2.22. The molecular weight excluding hydrogens is 320 g/mol. The molecule has 2 N–H and O–H groups in total. The van der Waals surface area contributed by atoms with Gasteiger partial charge in [0.15, 0.2) is 0 Å². The maximum Gasteiger partial charge on any atom is 0.314 e. The number of thiazole rings is 1. The van der Waals surface area contributed by atoms with Gasteiger partial charge >= 0.3 is 6.03 Å². The molecule has 1 atom stereocenters. The van der Waals surface area contributed by atoms with E-state index in [1.807, 2.05) is 18.4 Å². The van der Waals surface area contributed by atoms with E-state index in [1.54, 1.807) is 11.3 Å². The normalized spacial score (nSPS) is 17.0. The van der Waals surface area contributed by atoms with Crippen molar-refractivity contribution >= 4 is 23.1 Å². The molecule has 0 saturated carbocycles. The van der Waals surface area contributed by atoms with Crippen molar-refractivity contribution in [2.45, 2.75) is 19.8 Å². The summed E-state index contributed by atoms with van der Waals surface area (Å²) in [5.74, 6) is 0.512. The summed E-state index contributed by atoms with van der Waals surface area (Å²) in [6.07, 6.45) is 1.91. The molecule has 0 radical (unpaired) electrons. The first-order valence-corrected chi connectivity index (χ1v) is 9.31. The van der Waals surface area contributed by atoms with Crippen LogP contribution in [0.15, 0.2) is 35.7 Å². The molecule has 6 heteroatoms. The molecule has 128 valence electrons. The van der Waals surface area contributed by atoms with Crippen molar-refractivity contribution in [1.29, 1.82) is 0 Å². The lowest BCUT2D eigenvalue weighted by atomic mass is 10.1. The molecule has 1 saturated heterocycles. The first kappa shape index (κ1) is 16.8. The Balaban J connectivity index is 1.33. The largest absolute Gasteiger partial charge is 0.371 e. The van der Waals surface area contributed by atoms with Crippen molar-refractivity contribution in [3.8, 4) is 0 Å². The van der Waals surface area contributed by atoms with Crippen molar-refractivity contribution in [2.75, 3.05) is 31.1 Å². The Labute approximate surface area is 147 Å². The van der Waals surface area contributed by atoms with Gasteiger partial charge in [-0.2, -0.15) is 0 Å². The number of carbonyl (C=O) groups is 1. The summed E-state index contributed by atoms with van der Waals surface area (Å²) >= 11 is 1.64. The SMILES string of the molecule is Cc1csc(CCNC(=O)NCC2CCN(c3ccccc3)C2)n1. The number of hydrogen-bond donors (Lipinski definition) is 2. The molecule has 2 aromatic rings. The number of urea groups is 1. The van der Waals surface area contributed by atoms with Gasteiger partial charge in [0.2, 0.25) is 0 Å². The zero-order valence-electron chi connectivity index (χ0n) is 14.0. The number of nitrogens with zero attached hydrogens (tertiary/aromatic N) is 2. The van der Waals surface area contributed by atoms with Crippen LogP contribution >= 0.6 is 11.3 Å². The highest BCUT2D eigenvalue weighted by atomic mass is 32.1. The second kappa shape index (κ2) is 8.15. The molecule has 5 nitrogen and oxygen atoms in total. The first-order valence-electron chi connectivity index (χ1n) is 8.43. The van der Waals surface area contributed by atoms with Crippen LogP contribution in [0.25, 0.3) is 0 Å². The molecule has 1 aliphatic rings. The second-order valence-electron chi connectivity index (χ2n) is 6.21. The summed E-state index contributed by atoms with van der Waals surface area (Å²) in [5.41, 5.74) is 2.31. The van der Waals surface area contributed by atoms with E-state index in [1.165, 1.54) is 5.69 Å². The van der Waals surface area contributed by atoms with Crippen LogP contribution in [0.4, 0.5) is 10.5 Å². The van der Waals surface area contributed by atoms with Gasteiger partial charge in [-0.15, -0.1) is 11.3 Å². The average molecular weight is 344 g/mol. The highest BCUT2D eigenvalue weighted by Crippen LogP contribution is 2.22. The van der Waals surface area contributed by atoms with E-state index in [0.717, 1.165) is 43.2 Å². The van der Waals surface area contributed by atoms with E-state index in [0.29, 0.717) is 12.5 Å². The minimum Gasteiger partial charge on any atom is -0.371 e. The minimum absolute atomic E-state index is 0.0820. The van der Waals surface area contributed by atoms with Gasteiger partial charge in [0.25, 0.3) is 0 Å². The van der Waals surface area contributed by atoms with E-state index in [4.69, 9.17) is 0 Å². The third-order valence-electron chi connectivity index (χ3n) is 4.25. The molecule has 1 unspecified atom stereocenters. The topological polar surface area (TPSA) is 57.3 Å². The second-order valence-corrected chi connectivity index (χ2v) is 7.15. The zero-order valence-corrected chi connectivity index (χ0v) is 14.8. The van der Waals surface area contributed by atoms with E-state index in [9.17, 15) is 4.79 Å². The van der Waals surface area contributed by atoms with Gasteiger partial charge in [0, 0.05) is 49.4 Å². The van der Waals surface area contributed by atoms with Gasteiger partial charge in [-0.25, -0.2) is 9.78 Å². The third kappa shape index (κ3) is 4.71. The summed E-state index contributed by atoms with van der Waals surface area (Å²) in [6.45, 7) is 5.40. The van der Waals surface area contributed by atoms with Crippen LogP contribution in [0.5, 0.6) is 0 Å². The van der Waals surface area contributed by atoms with E-state index in [-0.39, 0.29) is 6.03 Å². The standard InChI is InChI=1S/C18H24N4OS/c1-14-13-24-17(21-14)7-9-19-18(23)20-11-15-8-10-22(12-15)16-5-3-2-4-6-16/h2-6,13,15H,7-12H2,1H3,(H2,19,20,23). The van der Waals surface area contributed by atoms with Crippen LogP contribution in [0.3, 0.4) is 0 Å². The third-order valence-corrected chi connectivity index (χ3v) is 5.28. The number of para-hydroxylation sites is 1. The van der Waals surface area contributed by atoms with E-state index >= 15 is 0 Å². The Bertz CT molecular complexity index is 658. The van der Waals surface area contributed by atoms with Crippen LogP contribution < -0.4 is 15.5 Å². The van der Waals surface area contributed by atoms with Crippen LogP contribution in [-0.4, -0.2) is 37.2 Å². The van der Waals surface area contributed by atoms with Crippen molar-refractivity contribution in [2.24, 2.45) is 5.92 Å². The van der Waals surface area contributed by atoms with Crippen molar-refractivity contribution < 1.29 is 4.79 Å². The fraction of sp³-hybridized carbons (Fsp3) is 0.444. The smallest absolute Gasteiger partial charge is 0.314 e. The Morgan fingerprint density at radius 1 is 1.33 bits per heavy atom. The molecule has 1 aromatic carbocycles. The zero-order chi connectivity index (χ0) is 16.8. The molecule has 2 heterocycles. The number of amides is 2. The number of nitrogens with one attached hydrogen (secondary N) is 2. The Hall–Kier alpha value is -2.08. The Morgan fingerprint density at radius 3 is 2.92 bits per heavy atom. The van der Waals surface area contributed by atoms with Gasteiger partial charge in [0.1, 0.15) is 0 Å². The monoisotopic (exact) mass is 344 g/mol. The van der Waals surface area contributed by atoms with Gasteiger partial charge < -0.3 is 15.5 Å². The van der Waals surface area contributed by atoms with E-state index < -0.39 is 0 Å². The fourth-order valence-corrected chi connectivity index (χ4v) is 3.75. The molecule has 0 aliphatic carbocycles. The Morgan fingerprint density at radius 2 is 2.17 bits per heavy atom. The lowest BCUT2D eigenvalue weighted by Gasteiger charge is -2.18. The number of aryl methyl sites for hydroxylation is 1. The Kier molecular flexibility index (Phi) is 5.69. The molecule has 24 heavy (non-hydrogen) atoms. The van der Waals surface area contributed by atoms with Crippen molar-refractivity contribution in [1.82, 2.24) is 15.6 Å². The molecule has 2 amide bonds. The molecule has 1 aliphatic heterocycles. The predicted octanol–water partition coefficient (Wildman–Crippen LogP) is 2.82. The van der Waals surface area contributed by atoms with Crippen molar-refractivity contribution in [3.63, 3.8) is 0 Å². The minimum atomic E-state index is -0.0820. The summed E-state index contributed by atoms with van der Waals surface area (Å²) in [7, 11) is 0. The maximum atomic E-state index is 11.9. The van der Waals surface area contributed by atoms with Crippen LogP contribution in [-0.2, 0) is 6.42 Å². The summed E-state index contributed by atoms with van der Waals surface area (Å²) in [4.78, 5) is 18.7. The van der Waals surface area contributed by atoms with Gasteiger partial charge in [-0.3, -0.25) is 0 Å². The number of hydrogen-bond acceptors (Lipinski definition) is 4. The summed E-state index contributed by atoms with van der Waals surface area (Å²) in [6, 6.07) is 10.4. The van der Waals surface area contributed by atoms with Gasteiger partial charge in [0.05, 0.1) is 5.01 Å².